The summed E-state index contributed by atoms with van der Waals surface area (Å²) in [5.41, 5.74) is 3.01. The lowest BCUT2D eigenvalue weighted by Gasteiger charge is -2.10. The van der Waals surface area contributed by atoms with Crippen LogP contribution in [0.4, 0.5) is 4.39 Å². The number of carbonyl (C=O) groups excluding carboxylic acids is 1. The summed E-state index contributed by atoms with van der Waals surface area (Å²) in [5.74, 6) is 0.0569. The van der Waals surface area contributed by atoms with Crippen LogP contribution >= 0.6 is 11.8 Å². The molecule has 148 valence electrons. The first-order chi connectivity index (χ1) is 14.2. The lowest BCUT2D eigenvalue weighted by molar-refractivity contribution is -0.119. The number of carbonyl (C=O) groups is 1. The molecule has 0 atom stereocenters. The fraction of sp³-hybridized carbons (Fsp3) is 0.300. The Hall–Kier alpha value is -2.94. The molecule has 0 bridgehead atoms. The van der Waals surface area contributed by atoms with Gasteiger partial charge in [-0.1, -0.05) is 24.6 Å². The van der Waals surface area contributed by atoms with Crippen molar-refractivity contribution in [2.75, 3.05) is 5.75 Å². The van der Waals surface area contributed by atoms with Gasteiger partial charge in [-0.3, -0.25) is 9.20 Å². The summed E-state index contributed by atoms with van der Waals surface area (Å²) in [4.78, 5) is 12.2. The second kappa shape index (κ2) is 7.47. The minimum absolute atomic E-state index is 0.0303. The third kappa shape index (κ3) is 3.57. The van der Waals surface area contributed by atoms with Crippen molar-refractivity contribution < 1.29 is 9.18 Å². The van der Waals surface area contributed by atoms with Crippen molar-refractivity contribution in [2.45, 2.75) is 36.9 Å². The number of amides is 1. The second-order valence-electron chi connectivity index (χ2n) is 7.18. The minimum atomic E-state index is -0.281. The van der Waals surface area contributed by atoms with Gasteiger partial charge in [0, 0.05) is 24.0 Å². The second-order valence-corrected chi connectivity index (χ2v) is 8.12. The number of benzene rings is 1. The average Bonchev–Trinajstić information content (AvgIpc) is 3.45. The van der Waals surface area contributed by atoms with Crippen LogP contribution in [0.15, 0.2) is 47.9 Å². The molecule has 1 saturated carbocycles. The van der Waals surface area contributed by atoms with E-state index in [9.17, 15) is 9.18 Å². The first-order valence-corrected chi connectivity index (χ1v) is 10.6. The van der Waals surface area contributed by atoms with Crippen LogP contribution in [0.25, 0.3) is 22.4 Å². The molecule has 0 unspecified atom stereocenters. The summed E-state index contributed by atoms with van der Waals surface area (Å²) >= 11 is 1.37. The molecule has 1 fully saturated rings. The van der Waals surface area contributed by atoms with Crippen LogP contribution in [0.5, 0.6) is 0 Å². The van der Waals surface area contributed by atoms with Gasteiger partial charge >= 0.3 is 0 Å². The molecular weight excluding hydrogens is 391 g/mol. The van der Waals surface area contributed by atoms with Gasteiger partial charge in [0.05, 0.1) is 11.4 Å². The van der Waals surface area contributed by atoms with Crippen LogP contribution in [0, 0.1) is 5.82 Å². The van der Waals surface area contributed by atoms with Gasteiger partial charge in [-0.05, 0) is 43.2 Å². The normalized spacial score (nSPS) is 14.8. The van der Waals surface area contributed by atoms with Gasteiger partial charge in [-0.2, -0.15) is 5.10 Å². The minimum Gasteiger partial charge on any atom is -0.353 e. The van der Waals surface area contributed by atoms with Crippen LogP contribution in [0.3, 0.4) is 0 Å². The van der Waals surface area contributed by atoms with Gasteiger partial charge in [0.25, 0.3) is 0 Å². The zero-order valence-electron chi connectivity index (χ0n) is 15.6. The summed E-state index contributed by atoms with van der Waals surface area (Å²) in [5, 5.41) is 16.8. The van der Waals surface area contributed by atoms with Gasteiger partial charge in [0.1, 0.15) is 11.3 Å². The third-order valence-electron chi connectivity index (χ3n) is 5.18. The molecule has 0 spiro atoms. The third-order valence-corrected chi connectivity index (χ3v) is 6.12. The molecule has 7 nitrogen and oxygen atoms in total. The van der Waals surface area contributed by atoms with E-state index in [0.717, 1.165) is 29.6 Å². The predicted octanol–water partition coefficient (Wildman–Crippen LogP) is 3.33. The zero-order valence-corrected chi connectivity index (χ0v) is 16.4. The number of nitrogens with zero attached hydrogens (tertiary/aromatic N) is 5. The van der Waals surface area contributed by atoms with Gasteiger partial charge in [-0.25, -0.2) is 8.91 Å². The van der Waals surface area contributed by atoms with E-state index in [4.69, 9.17) is 0 Å². The highest BCUT2D eigenvalue weighted by Crippen LogP contribution is 2.24. The Morgan fingerprint density at radius 1 is 1.17 bits per heavy atom. The zero-order chi connectivity index (χ0) is 19.8. The molecule has 4 aromatic rings. The van der Waals surface area contributed by atoms with Crippen molar-refractivity contribution in [3.05, 3.63) is 48.5 Å². The predicted molar refractivity (Wildman–Crippen MR) is 108 cm³/mol. The average molecular weight is 410 g/mol. The fourth-order valence-corrected chi connectivity index (χ4v) is 4.45. The van der Waals surface area contributed by atoms with Crippen LogP contribution in [0.2, 0.25) is 0 Å². The standard InChI is InChI=1S/C20H19FN6OS/c21-14-7-5-13(6-8-14)16-11-17-19-23-24-20(26(19)9-10-27(17)25-16)29-12-18(28)22-15-3-1-2-4-15/h5-11,15H,1-4,12H2,(H,22,28). The molecule has 0 radical (unpaired) electrons. The molecule has 3 heterocycles. The lowest BCUT2D eigenvalue weighted by atomic mass is 10.1. The number of halogens is 1. The van der Waals surface area contributed by atoms with Crippen molar-refractivity contribution in [1.29, 1.82) is 0 Å². The highest BCUT2D eigenvalue weighted by Gasteiger charge is 2.18. The maximum atomic E-state index is 13.2. The topological polar surface area (TPSA) is 76.6 Å². The van der Waals surface area contributed by atoms with E-state index in [0.29, 0.717) is 22.6 Å². The van der Waals surface area contributed by atoms with Crippen molar-refractivity contribution in [3.8, 4) is 11.3 Å². The number of aromatic nitrogens is 5. The summed E-state index contributed by atoms with van der Waals surface area (Å²) in [6.45, 7) is 0. The summed E-state index contributed by atoms with van der Waals surface area (Å²) in [7, 11) is 0. The molecule has 1 amide bonds. The number of nitrogens with one attached hydrogen (secondary N) is 1. The number of rotatable bonds is 5. The van der Waals surface area contributed by atoms with E-state index in [1.165, 1.54) is 36.7 Å². The van der Waals surface area contributed by atoms with Crippen molar-refractivity contribution in [3.63, 3.8) is 0 Å². The number of hydrogen-bond acceptors (Lipinski definition) is 5. The summed E-state index contributed by atoms with van der Waals surface area (Å²) in [6, 6.07) is 8.44. The van der Waals surface area contributed by atoms with Gasteiger partial charge in [0.2, 0.25) is 5.91 Å². The molecule has 1 aliphatic carbocycles. The molecule has 0 saturated heterocycles. The molecule has 5 rings (SSSR count). The molecular formula is C20H19FN6OS. The summed E-state index contributed by atoms with van der Waals surface area (Å²) < 4.78 is 16.8. The van der Waals surface area contributed by atoms with Crippen molar-refractivity contribution in [1.82, 2.24) is 29.5 Å². The van der Waals surface area contributed by atoms with E-state index in [-0.39, 0.29) is 11.7 Å². The van der Waals surface area contributed by atoms with Gasteiger partial charge in [0.15, 0.2) is 10.8 Å². The number of thioether (sulfide) groups is 1. The van der Waals surface area contributed by atoms with Gasteiger partial charge in [-0.15, -0.1) is 10.2 Å². The molecule has 1 aromatic carbocycles. The molecule has 1 N–H and O–H groups in total. The Bertz CT molecular complexity index is 1180. The maximum absolute atomic E-state index is 13.2. The lowest BCUT2D eigenvalue weighted by Crippen LogP contribution is -2.33. The van der Waals surface area contributed by atoms with E-state index in [1.807, 2.05) is 22.9 Å². The number of hydrogen-bond donors (Lipinski definition) is 1. The van der Waals surface area contributed by atoms with Crippen LogP contribution < -0.4 is 5.32 Å². The smallest absolute Gasteiger partial charge is 0.230 e. The Labute approximate surface area is 170 Å². The van der Waals surface area contributed by atoms with Crippen molar-refractivity contribution in [2.24, 2.45) is 0 Å². The molecule has 3 aromatic heterocycles. The Kier molecular flexibility index (Phi) is 4.67. The van der Waals surface area contributed by atoms with E-state index in [2.05, 4.69) is 20.6 Å². The first-order valence-electron chi connectivity index (χ1n) is 9.58. The fourth-order valence-electron chi connectivity index (χ4n) is 3.72. The van der Waals surface area contributed by atoms with E-state index >= 15 is 0 Å². The molecule has 9 heteroatoms. The first kappa shape index (κ1) is 18.1. The monoisotopic (exact) mass is 410 g/mol. The number of fused-ring (bicyclic) bond motifs is 3. The van der Waals surface area contributed by atoms with Crippen LogP contribution in [-0.4, -0.2) is 41.9 Å². The molecule has 0 aliphatic heterocycles. The highest BCUT2D eigenvalue weighted by atomic mass is 32.2. The molecule has 1 aliphatic rings. The SMILES string of the molecule is O=C(CSc1nnc2c3cc(-c4ccc(F)cc4)nn3ccn12)NC1CCCC1. The molecule has 29 heavy (non-hydrogen) atoms. The van der Waals surface area contributed by atoms with Crippen molar-refractivity contribution >= 4 is 28.8 Å². The largest absolute Gasteiger partial charge is 0.353 e. The van der Waals surface area contributed by atoms with Crippen LogP contribution in [-0.2, 0) is 4.79 Å². The Morgan fingerprint density at radius 3 is 2.76 bits per heavy atom. The maximum Gasteiger partial charge on any atom is 0.230 e. The summed E-state index contributed by atoms with van der Waals surface area (Å²) in [6.07, 6.45) is 8.17. The van der Waals surface area contributed by atoms with Crippen LogP contribution in [0.1, 0.15) is 25.7 Å². The highest BCUT2D eigenvalue weighted by molar-refractivity contribution is 7.99. The quantitative estimate of drug-likeness (QED) is 0.511. The van der Waals surface area contributed by atoms with Gasteiger partial charge < -0.3 is 5.32 Å². The van der Waals surface area contributed by atoms with E-state index in [1.54, 1.807) is 16.6 Å². The Morgan fingerprint density at radius 2 is 1.97 bits per heavy atom. The van der Waals surface area contributed by atoms with E-state index < -0.39 is 0 Å². The Balaban J connectivity index is 1.38.